The second-order valence-electron chi connectivity index (χ2n) is 5.67. The Labute approximate surface area is 158 Å². The molecular weight excluding hydrogens is 374 g/mol. The van der Waals surface area contributed by atoms with Gasteiger partial charge in [0.15, 0.2) is 5.78 Å². The number of nitrogens with zero attached hydrogens (tertiary/aromatic N) is 2. The number of aromatic nitrogens is 2. The largest absolute Gasteiger partial charge is 0.411 e. The molecule has 1 amide bonds. The number of Topliss-reactive ketones (excluding diaryl/α,β-unsaturated/α-hetero) is 1. The van der Waals surface area contributed by atoms with E-state index in [4.69, 9.17) is 16.0 Å². The molecule has 0 bridgehead atoms. The smallest absolute Gasteiger partial charge is 0.277 e. The third-order valence-corrected chi connectivity index (χ3v) is 5.00. The molecule has 0 atom stereocenters. The number of hydrogen-bond donors (Lipinski definition) is 1. The summed E-state index contributed by atoms with van der Waals surface area (Å²) in [5.74, 6) is 0.243. The standard InChI is InChI=1S/C18H12ClN3O3S/c19-13-8-14-11(7-16(24)20-14)6-12(13)15(23)9-26-18-22-21-17(25-18)10-4-2-1-3-5-10/h1-6,8H,7,9H2,(H,20,24). The minimum absolute atomic E-state index is 0.102. The number of hydrogen-bond acceptors (Lipinski definition) is 6. The Kier molecular flexibility index (Phi) is 4.48. The number of amides is 1. The summed E-state index contributed by atoms with van der Waals surface area (Å²) in [6, 6.07) is 12.7. The van der Waals surface area contributed by atoms with Crippen LogP contribution in [0.3, 0.4) is 0 Å². The van der Waals surface area contributed by atoms with Crippen LogP contribution in [0.2, 0.25) is 5.02 Å². The van der Waals surface area contributed by atoms with Gasteiger partial charge in [0.2, 0.25) is 11.8 Å². The van der Waals surface area contributed by atoms with Gasteiger partial charge in [0.25, 0.3) is 5.22 Å². The molecule has 1 N–H and O–H groups in total. The van der Waals surface area contributed by atoms with E-state index in [1.807, 2.05) is 30.3 Å². The summed E-state index contributed by atoms with van der Waals surface area (Å²) < 4.78 is 5.58. The first-order valence-corrected chi connectivity index (χ1v) is 9.14. The fourth-order valence-corrected chi connectivity index (χ4v) is 3.55. The zero-order chi connectivity index (χ0) is 18.1. The summed E-state index contributed by atoms with van der Waals surface area (Å²) >= 11 is 7.33. The number of carbonyl (C=O) groups excluding carboxylic acids is 2. The SMILES string of the molecule is O=C1Cc2cc(C(=O)CSc3nnc(-c4ccccc4)o3)c(Cl)cc2N1. The van der Waals surface area contributed by atoms with Gasteiger partial charge in [-0.05, 0) is 29.8 Å². The molecule has 3 aromatic rings. The molecule has 2 aromatic carbocycles. The third-order valence-electron chi connectivity index (χ3n) is 3.87. The number of thioether (sulfide) groups is 1. The Morgan fingerprint density at radius 3 is 2.85 bits per heavy atom. The highest BCUT2D eigenvalue weighted by Crippen LogP contribution is 2.31. The summed E-state index contributed by atoms with van der Waals surface area (Å²) in [6.07, 6.45) is 0.254. The highest BCUT2D eigenvalue weighted by Gasteiger charge is 2.22. The molecule has 0 aliphatic carbocycles. The molecule has 8 heteroatoms. The lowest BCUT2D eigenvalue weighted by atomic mass is 10.1. The van der Waals surface area contributed by atoms with Crippen molar-refractivity contribution in [1.82, 2.24) is 10.2 Å². The van der Waals surface area contributed by atoms with Crippen LogP contribution in [0.4, 0.5) is 5.69 Å². The van der Waals surface area contributed by atoms with Crippen molar-refractivity contribution in [2.45, 2.75) is 11.6 Å². The van der Waals surface area contributed by atoms with Gasteiger partial charge in [0, 0.05) is 16.8 Å². The minimum atomic E-state index is -0.165. The first-order valence-electron chi connectivity index (χ1n) is 7.77. The molecule has 1 aliphatic heterocycles. The normalized spacial score (nSPS) is 12.7. The molecular formula is C18H12ClN3O3S. The molecule has 130 valence electrons. The van der Waals surface area contributed by atoms with Crippen LogP contribution in [0.25, 0.3) is 11.5 Å². The molecule has 0 unspecified atom stereocenters. The molecule has 4 rings (SSSR count). The maximum Gasteiger partial charge on any atom is 0.277 e. The van der Waals surface area contributed by atoms with E-state index in [9.17, 15) is 9.59 Å². The zero-order valence-electron chi connectivity index (χ0n) is 13.4. The fourth-order valence-electron chi connectivity index (χ4n) is 2.63. The molecule has 0 saturated heterocycles. The van der Waals surface area contributed by atoms with Crippen molar-refractivity contribution in [3.63, 3.8) is 0 Å². The Balaban J connectivity index is 1.46. The molecule has 26 heavy (non-hydrogen) atoms. The van der Waals surface area contributed by atoms with Gasteiger partial charge in [-0.15, -0.1) is 10.2 Å². The second-order valence-corrected chi connectivity index (χ2v) is 7.00. The molecule has 0 radical (unpaired) electrons. The fraction of sp³-hybridized carbons (Fsp3) is 0.111. The van der Waals surface area contributed by atoms with Crippen LogP contribution in [0, 0.1) is 0 Å². The lowest BCUT2D eigenvalue weighted by Gasteiger charge is -2.06. The van der Waals surface area contributed by atoms with E-state index >= 15 is 0 Å². The van der Waals surface area contributed by atoms with Crippen molar-refractivity contribution in [3.05, 3.63) is 58.6 Å². The summed E-state index contributed by atoms with van der Waals surface area (Å²) in [7, 11) is 0. The lowest BCUT2D eigenvalue weighted by molar-refractivity contribution is -0.115. The molecule has 1 aromatic heterocycles. The van der Waals surface area contributed by atoms with E-state index in [1.54, 1.807) is 12.1 Å². The number of ketones is 1. The average molecular weight is 386 g/mol. The first kappa shape index (κ1) is 16.8. The predicted octanol–water partition coefficient (Wildman–Crippen LogP) is 3.86. The molecule has 6 nitrogen and oxygen atoms in total. The van der Waals surface area contributed by atoms with Crippen LogP contribution >= 0.6 is 23.4 Å². The maximum absolute atomic E-state index is 12.5. The number of halogens is 1. The summed E-state index contributed by atoms with van der Waals surface area (Å²) in [6.45, 7) is 0. The molecule has 2 heterocycles. The van der Waals surface area contributed by atoms with Gasteiger partial charge in [-0.3, -0.25) is 9.59 Å². The van der Waals surface area contributed by atoms with Gasteiger partial charge >= 0.3 is 0 Å². The number of nitrogens with one attached hydrogen (secondary N) is 1. The van der Waals surface area contributed by atoms with Crippen molar-refractivity contribution >= 4 is 40.7 Å². The van der Waals surface area contributed by atoms with E-state index in [1.165, 1.54) is 0 Å². The quantitative estimate of drug-likeness (QED) is 0.530. The lowest BCUT2D eigenvalue weighted by Crippen LogP contribution is -2.04. The van der Waals surface area contributed by atoms with Gasteiger partial charge in [0.05, 0.1) is 17.2 Å². The van der Waals surface area contributed by atoms with Gasteiger partial charge in [-0.2, -0.15) is 0 Å². The topological polar surface area (TPSA) is 85.1 Å². The van der Waals surface area contributed by atoms with Crippen molar-refractivity contribution < 1.29 is 14.0 Å². The minimum Gasteiger partial charge on any atom is -0.411 e. The maximum atomic E-state index is 12.5. The van der Waals surface area contributed by atoms with Crippen LogP contribution in [-0.4, -0.2) is 27.6 Å². The van der Waals surface area contributed by atoms with Gasteiger partial charge < -0.3 is 9.73 Å². The van der Waals surface area contributed by atoms with Crippen molar-refractivity contribution in [2.75, 3.05) is 11.1 Å². The molecule has 0 fully saturated rings. The van der Waals surface area contributed by atoms with Gasteiger partial charge in [0.1, 0.15) is 0 Å². The van der Waals surface area contributed by atoms with E-state index in [0.29, 0.717) is 27.4 Å². The monoisotopic (exact) mass is 385 g/mol. The van der Waals surface area contributed by atoms with E-state index in [-0.39, 0.29) is 23.9 Å². The average Bonchev–Trinajstić information content (AvgIpc) is 3.25. The second kappa shape index (κ2) is 6.93. The van der Waals surface area contributed by atoms with E-state index in [0.717, 1.165) is 22.9 Å². The predicted molar refractivity (Wildman–Crippen MR) is 98.6 cm³/mol. The first-order chi connectivity index (χ1) is 12.6. The van der Waals surface area contributed by atoms with Crippen molar-refractivity contribution in [1.29, 1.82) is 0 Å². The van der Waals surface area contributed by atoms with Gasteiger partial charge in [-0.25, -0.2) is 0 Å². The summed E-state index contributed by atoms with van der Waals surface area (Å²) in [4.78, 5) is 23.9. The van der Waals surface area contributed by atoms with Crippen LogP contribution in [0.1, 0.15) is 15.9 Å². The van der Waals surface area contributed by atoms with E-state index < -0.39 is 0 Å². The third kappa shape index (κ3) is 3.36. The van der Waals surface area contributed by atoms with Crippen molar-refractivity contribution in [3.8, 4) is 11.5 Å². The number of anilines is 1. The van der Waals surface area contributed by atoms with Crippen LogP contribution in [-0.2, 0) is 11.2 Å². The summed E-state index contributed by atoms with van der Waals surface area (Å²) in [5, 5.41) is 11.3. The van der Waals surface area contributed by atoms with Gasteiger partial charge in [-0.1, -0.05) is 41.6 Å². The highest BCUT2D eigenvalue weighted by atomic mass is 35.5. The highest BCUT2D eigenvalue weighted by molar-refractivity contribution is 7.99. The Bertz CT molecular complexity index is 1000. The van der Waals surface area contributed by atoms with E-state index in [2.05, 4.69) is 15.5 Å². The number of benzene rings is 2. The van der Waals surface area contributed by atoms with Crippen LogP contribution in [0.15, 0.2) is 52.1 Å². The van der Waals surface area contributed by atoms with Crippen LogP contribution < -0.4 is 5.32 Å². The zero-order valence-corrected chi connectivity index (χ0v) is 14.9. The Hall–Kier alpha value is -2.64. The molecule has 0 spiro atoms. The number of rotatable bonds is 5. The summed E-state index contributed by atoms with van der Waals surface area (Å²) in [5.41, 5.74) is 2.64. The molecule has 0 saturated carbocycles. The van der Waals surface area contributed by atoms with Crippen LogP contribution in [0.5, 0.6) is 0 Å². The number of carbonyl (C=O) groups is 2. The number of fused-ring (bicyclic) bond motifs is 1. The Morgan fingerprint density at radius 1 is 1.23 bits per heavy atom. The Morgan fingerprint density at radius 2 is 2.04 bits per heavy atom. The van der Waals surface area contributed by atoms with Crippen molar-refractivity contribution in [2.24, 2.45) is 0 Å². The molecule has 1 aliphatic rings.